The van der Waals surface area contributed by atoms with Crippen LogP contribution in [0.15, 0.2) is 27.6 Å². The van der Waals surface area contributed by atoms with Crippen molar-refractivity contribution in [3.05, 3.63) is 32.8 Å². The second-order valence-electron chi connectivity index (χ2n) is 4.28. The van der Waals surface area contributed by atoms with Gasteiger partial charge in [-0.2, -0.15) is 4.31 Å². The quantitative estimate of drug-likeness (QED) is 0.648. The van der Waals surface area contributed by atoms with Crippen molar-refractivity contribution in [1.82, 2.24) is 4.31 Å². The molecule has 1 heterocycles. The highest BCUT2D eigenvalue weighted by atomic mass is 79.9. The molecule has 1 aromatic rings. The van der Waals surface area contributed by atoms with Crippen molar-refractivity contribution in [2.45, 2.75) is 17.4 Å². The topological polar surface area (TPSA) is 107 Å². The summed E-state index contributed by atoms with van der Waals surface area (Å²) in [5.74, 6) is 0. The molecule has 1 saturated heterocycles. The first-order valence-electron chi connectivity index (χ1n) is 5.52. The summed E-state index contributed by atoms with van der Waals surface area (Å²) in [4.78, 5) is 9.98. The Balaban J connectivity index is 2.49. The maximum absolute atomic E-state index is 12.4. The Hall–Kier alpha value is -1.03. The second-order valence-corrected chi connectivity index (χ2v) is 7.10. The highest BCUT2D eigenvalue weighted by Gasteiger charge is 2.35. The average molecular weight is 350 g/mol. The fraction of sp³-hybridized carbons (Fsp3) is 0.400. The molecule has 0 spiro atoms. The summed E-state index contributed by atoms with van der Waals surface area (Å²) in [5, 5.41) is 11.0. The minimum atomic E-state index is -3.87. The molecule has 9 heteroatoms. The van der Waals surface area contributed by atoms with Crippen LogP contribution in [0.1, 0.15) is 6.42 Å². The number of nitrogens with zero attached hydrogens (tertiary/aromatic N) is 2. The number of halogens is 1. The number of nitro benzene ring substituents is 1. The van der Waals surface area contributed by atoms with Crippen LogP contribution in [0.25, 0.3) is 0 Å². The lowest BCUT2D eigenvalue weighted by atomic mass is 10.3. The van der Waals surface area contributed by atoms with Gasteiger partial charge in [-0.25, -0.2) is 8.42 Å². The third-order valence-electron chi connectivity index (χ3n) is 2.92. The SMILES string of the molecule is N[C@@H]1CCN(S(=O)(=O)c2ccc(Br)cc2[N+](=O)[O-])C1. The maximum Gasteiger partial charge on any atom is 0.290 e. The summed E-state index contributed by atoms with van der Waals surface area (Å²) in [5.41, 5.74) is 5.24. The molecular formula is C10H12BrN3O4S. The second kappa shape index (κ2) is 5.16. The Morgan fingerprint density at radius 2 is 2.16 bits per heavy atom. The number of sulfonamides is 1. The van der Waals surface area contributed by atoms with Crippen LogP contribution in [0.2, 0.25) is 0 Å². The van der Waals surface area contributed by atoms with E-state index in [0.29, 0.717) is 10.9 Å². The van der Waals surface area contributed by atoms with Crippen LogP contribution in [0, 0.1) is 10.1 Å². The average Bonchev–Trinajstić information content (AvgIpc) is 2.76. The summed E-state index contributed by atoms with van der Waals surface area (Å²) in [7, 11) is -3.87. The highest BCUT2D eigenvalue weighted by Crippen LogP contribution is 2.30. The molecule has 104 valence electrons. The van der Waals surface area contributed by atoms with Crippen LogP contribution in [0.3, 0.4) is 0 Å². The smallest absolute Gasteiger partial charge is 0.290 e. The zero-order chi connectivity index (χ0) is 14.2. The predicted octanol–water partition coefficient (Wildman–Crippen LogP) is 1.08. The molecular weight excluding hydrogens is 338 g/mol. The van der Waals surface area contributed by atoms with Gasteiger partial charge in [-0.3, -0.25) is 10.1 Å². The molecule has 1 aromatic carbocycles. The van der Waals surface area contributed by atoms with Crippen molar-refractivity contribution in [3.63, 3.8) is 0 Å². The van der Waals surface area contributed by atoms with Gasteiger partial charge in [0, 0.05) is 29.7 Å². The molecule has 2 N–H and O–H groups in total. The summed E-state index contributed by atoms with van der Waals surface area (Å²) in [6.07, 6.45) is 0.559. The largest absolute Gasteiger partial charge is 0.326 e. The molecule has 0 amide bonds. The molecule has 1 atom stereocenters. The van der Waals surface area contributed by atoms with E-state index in [4.69, 9.17) is 5.73 Å². The lowest BCUT2D eigenvalue weighted by Crippen LogP contribution is -2.32. The Morgan fingerprint density at radius 1 is 1.47 bits per heavy atom. The normalized spacial score (nSPS) is 20.6. The van der Waals surface area contributed by atoms with Gasteiger partial charge in [0.25, 0.3) is 5.69 Å². The van der Waals surface area contributed by atoms with Gasteiger partial charge >= 0.3 is 0 Å². The van der Waals surface area contributed by atoms with Gasteiger partial charge in [0.15, 0.2) is 4.90 Å². The van der Waals surface area contributed by atoms with Crippen LogP contribution >= 0.6 is 15.9 Å². The van der Waals surface area contributed by atoms with E-state index < -0.39 is 20.6 Å². The van der Waals surface area contributed by atoms with Crippen LogP contribution in [0.5, 0.6) is 0 Å². The van der Waals surface area contributed by atoms with Gasteiger partial charge in [-0.05, 0) is 18.6 Å². The zero-order valence-corrected chi connectivity index (χ0v) is 12.2. The Labute approximate surface area is 118 Å². The number of nitro groups is 1. The monoisotopic (exact) mass is 349 g/mol. The molecule has 1 aliphatic heterocycles. The van der Waals surface area contributed by atoms with E-state index in [1.165, 1.54) is 22.5 Å². The van der Waals surface area contributed by atoms with E-state index in [-0.39, 0.29) is 24.0 Å². The molecule has 0 saturated carbocycles. The van der Waals surface area contributed by atoms with Gasteiger partial charge in [0.05, 0.1) is 4.92 Å². The van der Waals surface area contributed by atoms with Crippen LogP contribution in [-0.4, -0.2) is 36.8 Å². The van der Waals surface area contributed by atoms with E-state index in [2.05, 4.69) is 15.9 Å². The Bertz CT molecular complexity index is 619. The Morgan fingerprint density at radius 3 is 2.68 bits per heavy atom. The molecule has 0 aliphatic carbocycles. The van der Waals surface area contributed by atoms with Crippen LogP contribution in [0.4, 0.5) is 5.69 Å². The van der Waals surface area contributed by atoms with Gasteiger partial charge < -0.3 is 5.73 Å². The minimum Gasteiger partial charge on any atom is -0.326 e. The third kappa shape index (κ3) is 2.78. The summed E-state index contributed by atoms with van der Waals surface area (Å²) >= 11 is 3.09. The zero-order valence-electron chi connectivity index (χ0n) is 9.82. The Kier molecular flexibility index (Phi) is 3.90. The number of rotatable bonds is 3. The fourth-order valence-electron chi connectivity index (χ4n) is 1.96. The van der Waals surface area contributed by atoms with E-state index in [1.54, 1.807) is 0 Å². The first kappa shape index (κ1) is 14.4. The summed E-state index contributed by atoms with van der Waals surface area (Å²) in [6, 6.07) is 3.67. The van der Waals surface area contributed by atoms with Gasteiger partial charge in [-0.1, -0.05) is 15.9 Å². The number of hydrogen-bond donors (Lipinski definition) is 1. The minimum absolute atomic E-state index is 0.190. The lowest BCUT2D eigenvalue weighted by Gasteiger charge is -2.15. The van der Waals surface area contributed by atoms with Crippen molar-refractivity contribution < 1.29 is 13.3 Å². The first-order chi connectivity index (χ1) is 8.82. The van der Waals surface area contributed by atoms with Gasteiger partial charge in [0.2, 0.25) is 10.0 Å². The molecule has 0 aromatic heterocycles. The predicted molar refractivity (Wildman–Crippen MR) is 72.1 cm³/mol. The highest BCUT2D eigenvalue weighted by molar-refractivity contribution is 9.10. The van der Waals surface area contributed by atoms with Crippen molar-refractivity contribution >= 4 is 31.6 Å². The summed E-state index contributed by atoms with van der Waals surface area (Å²) < 4.78 is 26.4. The summed E-state index contributed by atoms with van der Waals surface area (Å²) in [6.45, 7) is 0.478. The van der Waals surface area contributed by atoms with Crippen molar-refractivity contribution in [3.8, 4) is 0 Å². The third-order valence-corrected chi connectivity index (χ3v) is 5.33. The van der Waals surface area contributed by atoms with E-state index >= 15 is 0 Å². The van der Waals surface area contributed by atoms with Crippen LogP contribution < -0.4 is 5.73 Å². The van der Waals surface area contributed by atoms with Gasteiger partial charge in [-0.15, -0.1) is 0 Å². The van der Waals surface area contributed by atoms with Crippen LogP contribution in [-0.2, 0) is 10.0 Å². The standard InChI is InChI=1S/C10H12BrN3O4S/c11-7-1-2-10(9(5-7)14(15)16)19(17,18)13-4-3-8(12)6-13/h1-2,5,8H,3-4,6,12H2/t8-/m1/s1. The van der Waals surface area contributed by atoms with E-state index in [9.17, 15) is 18.5 Å². The maximum atomic E-state index is 12.4. The molecule has 19 heavy (non-hydrogen) atoms. The molecule has 0 radical (unpaired) electrons. The van der Waals surface area contributed by atoms with Crippen molar-refractivity contribution in [1.29, 1.82) is 0 Å². The van der Waals surface area contributed by atoms with E-state index in [1.807, 2.05) is 0 Å². The molecule has 7 nitrogen and oxygen atoms in total. The van der Waals surface area contributed by atoms with Crippen molar-refractivity contribution in [2.75, 3.05) is 13.1 Å². The molecule has 0 unspecified atom stereocenters. The number of nitrogens with two attached hydrogens (primary N) is 1. The molecule has 0 bridgehead atoms. The number of benzene rings is 1. The molecule has 2 rings (SSSR count). The lowest BCUT2D eigenvalue weighted by molar-refractivity contribution is -0.387. The molecule has 1 fully saturated rings. The van der Waals surface area contributed by atoms with Gasteiger partial charge in [0.1, 0.15) is 0 Å². The van der Waals surface area contributed by atoms with E-state index in [0.717, 1.165) is 0 Å². The number of hydrogen-bond acceptors (Lipinski definition) is 5. The fourth-order valence-corrected chi connectivity index (χ4v) is 3.96. The molecule has 1 aliphatic rings. The van der Waals surface area contributed by atoms with Crippen molar-refractivity contribution in [2.24, 2.45) is 5.73 Å². The first-order valence-corrected chi connectivity index (χ1v) is 7.75.